The zero-order chi connectivity index (χ0) is 20.7. The maximum Gasteiger partial charge on any atom is 0.160 e. The van der Waals surface area contributed by atoms with E-state index in [1.54, 1.807) is 0 Å². The molecule has 2 aromatic carbocycles. The zero-order valence-corrected chi connectivity index (χ0v) is 18.7. The first-order chi connectivity index (χ1) is 14.5. The van der Waals surface area contributed by atoms with E-state index in [0.717, 1.165) is 39.3 Å². The maximum absolute atomic E-state index is 11.0. The molecule has 6 heteroatoms. The third kappa shape index (κ3) is 3.84. The van der Waals surface area contributed by atoms with Gasteiger partial charge in [0.15, 0.2) is 5.17 Å². The second kappa shape index (κ2) is 7.91. The van der Waals surface area contributed by atoms with Gasteiger partial charge in [0.05, 0.1) is 39.3 Å². The second-order valence-corrected chi connectivity index (χ2v) is 10.9. The molecular formula is C24H31N4OS+. The lowest BCUT2D eigenvalue weighted by Crippen LogP contribution is -3.15. The number of nitrogens with zero attached hydrogens (tertiary/aromatic N) is 3. The number of aliphatic hydroxyl groups excluding tert-OH is 1. The molecule has 5 nitrogen and oxygen atoms in total. The molecule has 0 radical (unpaired) electrons. The highest BCUT2D eigenvalue weighted by molar-refractivity contribution is 8.15. The van der Waals surface area contributed by atoms with Crippen LogP contribution in [-0.4, -0.2) is 69.9 Å². The Kier molecular flexibility index (Phi) is 5.25. The molecule has 1 aromatic heterocycles. The predicted octanol–water partition coefficient (Wildman–Crippen LogP) is 2.24. The van der Waals surface area contributed by atoms with Gasteiger partial charge in [-0.3, -0.25) is 4.99 Å². The number of piperazine rings is 1. The topological polar surface area (TPSA) is 45.2 Å². The molecule has 0 aliphatic carbocycles. The molecule has 0 spiro atoms. The van der Waals surface area contributed by atoms with Crippen molar-refractivity contribution in [1.29, 1.82) is 0 Å². The van der Waals surface area contributed by atoms with Gasteiger partial charge in [-0.05, 0) is 26.0 Å². The number of aromatic nitrogens is 1. The summed E-state index contributed by atoms with van der Waals surface area (Å²) in [6.07, 6.45) is -0.358. The number of quaternary nitrogens is 1. The first kappa shape index (κ1) is 19.9. The van der Waals surface area contributed by atoms with Gasteiger partial charge in [0.2, 0.25) is 0 Å². The molecule has 0 bridgehead atoms. The molecule has 2 N–H and O–H groups in total. The van der Waals surface area contributed by atoms with Crippen LogP contribution in [0.25, 0.3) is 21.8 Å². The van der Waals surface area contributed by atoms with Gasteiger partial charge in [0.1, 0.15) is 12.6 Å². The van der Waals surface area contributed by atoms with Gasteiger partial charge in [-0.2, -0.15) is 0 Å². The van der Waals surface area contributed by atoms with Crippen LogP contribution in [0, 0.1) is 0 Å². The van der Waals surface area contributed by atoms with Crippen LogP contribution >= 0.6 is 11.8 Å². The lowest BCUT2D eigenvalue weighted by atomic mass is 10.2. The number of aliphatic imine (C=N–C) groups is 1. The lowest BCUT2D eigenvalue weighted by molar-refractivity contribution is -0.907. The standard InChI is InChI=1S/C24H30N4OS/c1-24(2)17-25-23(30-24)27-13-11-26(12-14-27)15-18(29)16-28-21-9-5-3-7-19(21)20-8-4-6-10-22(20)28/h3-10,18,29H,11-17H2,1-2H3/p+1/t18-/m1/s1. The summed E-state index contributed by atoms with van der Waals surface area (Å²) in [5.74, 6) is 0. The number of benzene rings is 2. The number of hydrogen-bond donors (Lipinski definition) is 2. The molecule has 0 unspecified atom stereocenters. The van der Waals surface area contributed by atoms with E-state index in [9.17, 15) is 5.11 Å². The number of hydrogen-bond acceptors (Lipinski definition) is 4. The first-order valence-electron chi connectivity index (χ1n) is 11.0. The van der Waals surface area contributed by atoms with Crippen LogP contribution < -0.4 is 4.90 Å². The number of amidine groups is 1. The molecule has 158 valence electrons. The Balaban J connectivity index is 1.24. The van der Waals surface area contributed by atoms with Gasteiger partial charge in [-0.15, -0.1) is 0 Å². The fourth-order valence-electron chi connectivity index (χ4n) is 4.76. The third-order valence-electron chi connectivity index (χ3n) is 6.30. The van der Waals surface area contributed by atoms with Gasteiger partial charge in [0.25, 0.3) is 0 Å². The molecule has 30 heavy (non-hydrogen) atoms. The molecule has 3 heterocycles. The fraction of sp³-hybridized carbons (Fsp3) is 0.458. The van der Waals surface area contributed by atoms with Crippen LogP contribution in [0.5, 0.6) is 0 Å². The minimum atomic E-state index is -0.358. The van der Waals surface area contributed by atoms with E-state index in [0.29, 0.717) is 6.54 Å². The van der Waals surface area contributed by atoms with E-state index in [-0.39, 0.29) is 10.9 Å². The molecule has 0 saturated carbocycles. The molecular weight excluding hydrogens is 392 g/mol. The number of aliphatic hydroxyl groups is 1. The molecule has 5 rings (SSSR count). The summed E-state index contributed by atoms with van der Waals surface area (Å²) in [5, 5.41) is 14.7. The van der Waals surface area contributed by atoms with Gasteiger partial charge in [-0.25, -0.2) is 0 Å². The number of rotatable bonds is 4. The van der Waals surface area contributed by atoms with Crippen molar-refractivity contribution in [2.75, 3.05) is 39.3 Å². The van der Waals surface area contributed by atoms with Crippen LogP contribution in [0.3, 0.4) is 0 Å². The SMILES string of the molecule is CC1(C)CN=C(N2CC[NH+](C[C@@H](O)Cn3c4ccccc4c4ccccc43)CC2)S1. The predicted molar refractivity (Wildman–Crippen MR) is 127 cm³/mol. The number of thioether (sulfide) groups is 1. The number of nitrogens with one attached hydrogen (secondary N) is 1. The summed E-state index contributed by atoms with van der Waals surface area (Å²) in [6.45, 7) is 11.0. The molecule has 2 aliphatic heterocycles. The van der Waals surface area contributed by atoms with E-state index >= 15 is 0 Å². The highest BCUT2D eigenvalue weighted by Crippen LogP contribution is 2.33. The molecule has 2 aliphatic rings. The van der Waals surface area contributed by atoms with E-state index < -0.39 is 0 Å². The van der Waals surface area contributed by atoms with Crippen molar-refractivity contribution < 1.29 is 10.0 Å². The summed E-state index contributed by atoms with van der Waals surface area (Å²) in [4.78, 5) is 8.67. The maximum atomic E-state index is 11.0. The Bertz CT molecular complexity index is 1030. The molecule has 3 aromatic rings. The van der Waals surface area contributed by atoms with Crippen molar-refractivity contribution in [3.63, 3.8) is 0 Å². The molecule has 1 saturated heterocycles. The summed E-state index contributed by atoms with van der Waals surface area (Å²) in [6, 6.07) is 17.0. The monoisotopic (exact) mass is 423 g/mol. The van der Waals surface area contributed by atoms with Crippen molar-refractivity contribution >= 4 is 38.7 Å². The Morgan fingerprint density at radius 1 is 1.03 bits per heavy atom. The average molecular weight is 424 g/mol. The van der Waals surface area contributed by atoms with Crippen LogP contribution in [0.2, 0.25) is 0 Å². The van der Waals surface area contributed by atoms with E-state index in [4.69, 9.17) is 4.99 Å². The minimum Gasteiger partial charge on any atom is -0.385 e. The van der Waals surface area contributed by atoms with Gasteiger partial charge < -0.3 is 19.5 Å². The Labute approximate surface area is 182 Å². The smallest absolute Gasteiger partial charge is 0.160 e. The van der Waals surface area contributed by atoms with Gasteiger partial charge >= 0.3 is 0 Å². The van der Waals surface area contributed by atoms with E-state index in [1.165, 1.54) is 31.9 Å². The van der Waals surface area contributed by atoms with Crippen LogP contribution in [0.4, 0.5) is 0 Å². The summed E-state index contributed by atoms with van der Waals surface area (Å²) < 4.78 is 2.52. The van der Waals surface area contributed by atoms with Crippen LogP contribution in [0.1, 0.15) is 13.8 Å². The Hall–Kier alpha value is -2.02. The Morgan fingerprint density at radius 2 is 1.63 bits per heavy atom. The minimum absolute atomic E-state index is 0.234. The second-order valence-electron chi connectivity index (χ2n) is 9.20. The molecule has 0 amide bonds. The zero-order valence-electron chi connectivity index (χ0n) is 17.8. The number of para-hydroxylation sites is 2. The van der Waals surface area contributed by atoms with Gasteiger partial charge in [0, 0.05) is 26.6 Å². The van der Waals surface area contributed by atoms with Crippen LogP contribution in [-0.2, 0) is 6.54 Å². The third-order valence-corrected chi connectivity index (χ3v) is 7.55. The summed E-state index contributed by atoms with van der Waals surface area (Å²) >= 11 is 1.91. The highest BCUT2D eigenvalue weighted by atomic mass is 32.2. The van der Waals surface area contributed by atoms with E-state index in [2.05, 4.69) is 71.8 Å². The first-order valence-corrected chi connectivity index (χ1v) is 11.8. The quantitative estimate of drug-likeness (QED) is 0.677. The lowest BCUT2D eigenvalue weighted by Gasteiger charge is -2.34. The van der Waals surface area contributed by atoms with Crippen molar-refractivity contribution in [2.24, 2.45) is 4.99 Å². The summed E-state index contributed by atoms with van der Waals surface area (Å²) in [7, 11) is 0. The van der Waals surface area contributed by atoms with Crippen molar-refractivity contribution in [1.82, 2.24) is 9.47 Å². The summed E-state index contributed by atoms with van der Waals surface area (Å²) in [5.41, 5.74) is 2.41. The van der Waals surface area contributed by atoms with Gasteiger partial charge in [-0.1, -0.05) is 48.2 Å². The normalized spacial score (nSPS) is 20.8. The van der Waals surface area contributed by atoms with Crippen LogP contribution in [0.15, 0.2) is 53.5 Å². The molecule has 1 atom stereocenters. The number of fused-ring (bicyclic) bond motifs is 3. The van der Waals surface area contributed by atoms with Crippen molar-refractivity contribution in [2.45, 2.75) is 31.2 Å². The van der Waals surface area contributed by atoms with E-state index in [1.807, 2.05) is 11.8 Å². The largest absolute Gasteiger partial charge is 0.385 e. The molecule has 1 fully saturated rings. The average Bonchev–Trinajstić information content (AvgIpc) is 3.27. The highest BCUT2D eigenvalue weighted by Gasteiger charge is 2.32. The van der Waals surface area contributed by atoms with Crippen molar-refractivity contribution in [3.8, 4) is 0 Å². The Morgan fingerprint density at radius 3 is 2.20 bits per heavy atom. The fourth-order valence-corrected chi connectivity index (χ4v) is 5.83. The van der Waals surface area contributed by atoms with Crippen molar-refractivity contribution in [3.05, 3.63) is 48.5 Å².